The first kappa shape index (κ1) is 28.1. The van der Waals surface area contributed by atoms with Crippen LogP contribution in [0.2, 0.25) is 0 Å². The van der Waals surface area contributed by atoms with E-state index in [1.165, 1.54) is 24.3 Å². The van der Waals surface area contributed by atoms with Gasteiger partial charge in [-0.25, -0.2) is 4.79 Å². The number of amides is 3. The molecule has 0 saturated carbocycles. The van der Waals surface area contributed by atoms with Crippen LogP contribution in [0.3, 0.4) is 0 Å². The number of nitrogen functional groups attached to an aromatic ring is 1. The van der Waals surface area contributed by atoms with Crippen molar-refractivity contribution in [2.45, 2.75) is 26.3 Å². The van der Waals surface area contributed by atoms with Crippen molar-refractivity contribution in [1.29, 1.82) is 0 Å². The van der Waals surface area contributed by atoms with Crippen LogP contribution in [0.15, 0.2) is 72.8 Å². The van der Waals surface area contributed by atoms with E-state index < -0.39 is 11.0 Å². The first-order valence-corrected chi connectivity index (χ1v) is 12.2. The first-order chi connectivity index (χ1) is 17.9. The van der Waals surface area contributed by atoms with E-state index in [-0.39, 0.29) is 23.1 Å². The van der Waals surface area contributed by atoms with Crippen LogP contribution in [0.25, 0.3) is 0 Å². The van der Waals surface area contributed by atoms with E-state index in [1.807, 2.05) is 26.2 Å². The molecule has 0 aromatic heterocycles. The molecule has 0 saturated heterocycles. The van der Waals surface area contributed by atoms with Crippen molar-refractivity contribution in [3.8, 4) is 0 Å². The van der Waals surface area contributed by atoms with Crippen LogP contribution in [-0.2, 0) is 0 Å². The minimum atomic E-state index is -0.495. The SMILES string of the molecule is CN(C)CC(C)(C)CC(NC(=O)Nc1ccc([N+](=O)[O-])cc1)c1ccc(C(=O)Nc2ccccc2N)cc1. The number of non-ortho nitro benzene ring substituents is 1. The lowest BCUT2D eigenvalue weighted by molar-refractivity contribution is -0.384. The molecule has 3 aromatic rings. The molecule has 38 heavy (non-hydrogen) atoms. The molecule has 3 aromatic carbocycles. The Bertz CT molecular complexity index is 1270. The third-order valence-corrected chi connectivity index (χ3v) is 5.93. The molecular weight excluding hydrogens is 484 g/mol. The Morgan fingerprint density at radius 3 is 2.18 bits per heavy atom. The molecule has 200 valence electrons. The van der Waals surface area contributed by atoms with Gasteiger partial charge in [-0.1, -0.05) is 38.1 Å². The average molecular weight is 519 g/mol. The number of hydrogen-bond donors (Lipinski definition) is 4. The monoisotopic (exact) mass is 518 g/mol. The van der Waals surface area contributed by atoms with Gasteiger partial charge < -0.3 is 26.6 Å². The fraction of sp³-hybridized carbons (Fsp3) is 0.286. The summed E-state index contributed by atoms with van der Waals surface area (Å²) in [5.74, 6) is -0.289. The number of nitrogens with zero attached hydrogens (tertiary/aromatic N) is 2. The first-order valence-electron chi connectivity index (χ1n) is 12.2. The molecule has 3 rings (SSSR count). The van der Waals surface area contributed by atoms with E-state index in [1.54, 1.807) is 36.4 Å². The summed E-state index contributed by atoms with van der Waals surface area (Å²) in [5.41, 5.74) is 8.48. The summed E-state index contributed by atoms with van der Waals surface area (Å²) in [7, 11) is 4.00. The van der Waals surface area contributed by atoms with Gasteiger partial charge >= 0.3 is 6.03 Å². The van der Waals surface area contributed by atoms with E-state index in [2.05, 4.69) is 34.7 Å². The maximum absolute atomic E-state index is 12.9. The molecule has 1 unspecified atom stereocenters. The topological polar surface area (TPSA) is 143 Å². The molecule has 0 aliphatic heterocycles. The number of urea groups is 1. The molecule has 0 radical (unpaired) electrons. The van der Waals surface area contributed by atoms with Gasteiger partial charge in [0.1, 0.15) is 0 Å². The number of carbonyl (C=O) groups excluding carboxylic acids is 2. The van der Waals surface area contributed by atoms with Crippen molar-refractivity contribution in [2.75, 3.05) is 37.0 Å². The van der Waals surface area contributed by atoms with Crippen LogP contribution in [0, 0.1) is 15.5 Å². The highest BCUT2D eigenvalue weighted by atomic mass is 16.6. The highest BCUT2D eigenvalue weighted by molar-refractivity contribution is 6.05. The number of nitrogens with two attached hydrogens (primary N) is 1. The summed E-state index contributed by atoms with van der Waals surface area (Å²) in [6, 6.07) is 19.0. The lowest BCUT2D eigenvalue weighted by atomic mass is 9.83. The van der Waals surface area contributed by atoms with Crippen LogP contribution in [0.4, 0.5) is 27.5 Å². The largest absolute Gasteiger partial charge is 0.397 e. The molecule has 0 spiro atoms. The maximum Gasteiger partial charge on any atom is 0.319 e. The van der Waals surface area contributed by atoms with Gasteiger partial charge in [-0.3, -0.25) is 14.9 Å². The summed E-state index contributed by atoms with van der Waals surface area (Å²) in [6.45, 7) is 5.05. The number of anilines is 3. The number of nitro groups is 1. The molecule has 0 bridgehead atoms. The van der Waals surface area contributed by atoms with Gasteiger partial charge in [-0.2, -0.15) is 0 Å². The zero-order valence-electron chi connectivity index (χ0n) is 22.0. The second-order valence-electron chi connectivity index (χ2n) is 10.2. The van der Waals surface area contributed by atoms with Crippen LogP contribution < -0.4 is 21.7 Å². The maximum atomic E-state index is 12.9. The van der Waals surface area contributed by atoms with Gasteiger partial charge in [0.2, 0.25) is 0 Å². The van der Waals surface area contributed by atoms with Crippen LogP contribution in [0.1, 0.15) is 42.2 Å². The molecule has 0 aliphatic carbocycles. The van der Waals surface area contributed by atoms with E-state index in [0.29, 0.717) is 29.0 Å². The molecule has 0 heterocycles. The fourth-order valence-electron chi connectivity index (χ4n) is 4.39. The summed E-state index contributed by atoms with van der Waals surface area (Å²) >= 11 is 0. The van der Waals surface area contributed by atoms with Crippen LogP contribution >= 0.6 is 0 Å². The van der Waals surface area contributed by atoms with E-state index in [0.717, 1.165) is 12.1 Å². The molecule has 5 N–H and O–H groups in total. The van der Waals surface area contributed by atoms with Crippen LogP contribution in [-0.4, -0.2) is 42.4 Å². The van der Waals surface area contributed by atoms with E-state index >= 15 is 0 Å². The third kappa shape index (κ3) is 8.04. The Hall–Kier alpha value is -4.44. The van der Waals surface area contributed by atoms with E-state index in [4.69, 9.17) is 5.73 Å². The molecule has 0 fully saturated rings. The van der Waals surface area contributed by atoms with E-state index in [9.17, 15) is 19.7 Å². The number of benzene rings is 3. The normalized spacial score (nSPS) is 12.0. The Morgan fingerprint density at radius 1 is 0.974 bits per heavy atom. The minimum absolute atomic E-state index is 0.0571. The van der Waals surface area contributed by atoms with Crippen molar-refractivity contribution in [2.24, 2.45) is 5.41 Å². The number of hydrogen-bond acceptors (Lipinski definition) is 6. The number of rotatable bonds is 10. The summed E-state index contributed by atoms with van der Waals surface area (Å²) in [6.07, 6.45) is 0.630. The Morgan fingerprint density at radius 2 is 1.61 bits per heavy atom. The molecule has 3 amide bonds. The second kappa shape index (κ2) is 12.2. The molecule has 0 aliphatic rings. The third-order valence-electron chi connectivity index (χ3n) is 5.93. The van der Waals surface area contributed by atoms with Gasteiger partial charge in [0.15, 0.2) is 0 Å². The number of nitro benzene ring substituents is 1. The van der Waals surface area contributed by atoms with Crippen molar-refractivity contribution in [1.82, 2.24) is 10.2 Å². The van der Waals surface area contributed by atoms with Crippen LogP contribution in [0.5, 0.6) is 0 Å². The smallest absolute Gasteiger partial charge is 0.319 e. The summed E-state index contributed by atoms with van der Waals surface area (Å²) < 4.78 is 0. The summed E-state index contributed by atoms with van der Waals surface area (Å²) in [4.78, 5) is 38.1. The molecule has 10 nitrogen and oxygen atoms in total. The van der Waals surface area contributed by atoms with Gasteiger partial charge in [0, 0.05) is 29.9 Å². The highest BCUT2D eigenvalue weighted by Gasteiger charge is 2.27. The summed E-state index contributed by atoms with van der Waals surface area (Å²) in [5, 5.41) is 19.5. The zero-order chi connectivity index (χ0) is 27.9. The number of carbonyl (C=O) groups is 2. The van der Waals surface area contributed by atoms with Gasteiger partial charge in [-0.15, -0.1) is 0 Å². The predicted octanol–water partition coefficient (Wildman–Crippen LogP) is 5.27. The zero-order valence-corrected chi connectivity index (χ0v) is 22.0. The van der Waals surface area contributed by atoms with Gasteiger partial charge in [0.25, 0.3) is 11.6 Å². The fourth-order valence-corrected chi connectivity index (χ4v) is 4.39. The minimum Gasteiger partial charge on any atom is -0.397 e. The van der Waals surface area contributed by atoms with Crippen molar-refractivity contribution in [3.05, 3.63) is 94.0 Å². The molecule has 10 heteroatoms. The number of nitrogens with one attached hydrogen (secondary N) is 3. The van der Waals surface area contributed by atoms with Gasteiger partial charge in [0.05, 0.1) is 22.3 Å². The quantitative estimate of drug-likeness (QED) is 0.164. The predicted molar refractivity (Wildman–Crippen MR) is 150 cm³/mol. The highest BCUT2D eigenvalue weighted by Crippen LogP contribution is 2.31. The van der Waals surface area contributed by atoms with Crippen molar-refractivity contribution >= 4 is 34.7 Å². The molecule has 1 atom stereocenters. The van der Waals surface area contributed by atoms with Crippen molar-refractivity contribution < 1.29 is 14.5 Å². The Balaban J connectivity index is 1.77. The second-order valence-corrected chi connectivity index (χ2v) is 10.2. The lowest BCUT2D eigenvalue weighted by Gasteiger charge is -2.33. The Labute approximate surface area is 222 Å². The number of para-hydroxylation sites is 2. The van der Waals surface area contributed by atoms with Gasteiger partial charge in [-0.05, 0) is 67.9 Å². The Kier molecular flexibility index (Phi) is 9.03. The average Bonchev–Trinajstić information content (AvgIpc) is 2.84. The lowest BCUT2D eigenvalue weighted by Crippen LogP contribution is -2.37. The van der Waals surface area contributed by atoms with Crippen molar-refractivity contribution in [3.63, 3.8) is 0 Å². The standard InChI is InChI=1S/C28H34N6O4/c1-28(2,18-33(3)4)17-25(32-27(36)30-21-13-15-22(16-14-21)34(37)38)19-9-11-20(12-10-19)26(35)31-24-8-6-5-7-23(24)29/h5-16,25H,17-18,29H2,1-4H3,(H,31,35)(H2,30,32,36). The molecular formula is C28H34N6O4.